The highest BCUT2D eigenvalue weighted by atomic mass is 16.6. The Morgan fingerprint density at radius 2 is 2.32 bits per heavy atom. The van der Waals surface area contributed by atoms with Crippen LogP contribution in [0.4, 0.5) is 5.69 Å². The minimum absolute atomic E-state index is 0.123. The number of nitrogens with zero attached hydrogens (tertiary/aromatic N) is 1. The molecule has 0 aliphatic heterocycles. The molecule has 0 spiro atoms. The third kappa shape index (κ3) is 4.65. The van der Waals surface area contributed by atoms with Crippen molar-refractivity contribution >= 4 is 11.7 Å². The maximum absolute atomic E-state index is 11.2. The molecule has 19 heavy (non-hydrogen) atoms. The van der Waals surface area contributed by atoms with Gasteiger partial charge in [-0.05, 0) is 18.5 Å². The fourth-order valence-corrected chi connectivity index (χ4v) is 1.63. The molecule has 0 saturated carbocycles. The van der Waals surface area contributed by atoms with Gasteiger partial charge in [-0.2, -0.15) is 0 Å². The standard InChI is InChI=1S/C12H16N2O5/c1-19-7-3-6-13-11(12(15)16)9-4-2-5-10(8-9)14(17)18/h2,4-5,8,11,13H,3,6-7H2,1H3,(H,15,16). The lowest BCUT2D eigenvalue weighted by molar-refractivity contribution is -0.384. The van der Waals surface area contributed by atoms with E-state index in [0.717, 1.165) is 0 Å². The van der Waals surface area contributed by atoms with Gasteiger partial charge in [0.25, 0.3) is 5.69 Å². The molecule has 0 amide bonds. The molecule has 1 atom stereocenters. The number of nitro benzene ring substituents is 1. The summed E-state index contributed by atoms with van der Waals surface area (Å²) >= 11 is 0. The van der Waals surface area contributed by atoms with Crippen molar-refractivity contribution in [2.45, 2.75) is 12.5 Å². The van der Waals surface area contributed by atoms with Crippen LogP contribution in [0.2, 0.25) is 0 Å². The van der Waals surface area contributed by atoms with Crippen LogP contribution in [0, 0.1) is 10.1 Å². The first kappa shape index (κ1) is 15.1. The van der Waals surface area contributed by atoms with Crippen LogP contribution < -0.4 is 5.32 Å². The SMILES string of the molecule is COCCCNC(C(=O)O)c1cccc([N+](=O)[O-])c1. The van der Waals surface area contributed by atoms with E-state index in [-0.39, 0.29) is 5.69 Å². The number of carboxylic acid groups (broad SMARTS) is 1. The van der Waals surface area contributed by atoms with Gasteiger partial charge in [0.2, 0.25) is 0 Å². The van der Waals surface area contributed by atoms with Crippen molar-refractivity contribution in [3.63, 3.8) is 0 Å². The molecule has 0 aliphatic rings. The average Bonchev–Trinajstić information content (AvgIpc) is 2.38. The smallest absolute Gasteiger partial charge is 0.325 e. The van der Waals surface area contributed by atoms with Gasteiger partial charge in [0, 0.05) is 25.8 Å². The number of nitro groups is 1. The number of hydrogen-bond donors (Lipinski definition) is 2. The summed E-state index contributed by atoms with van der Waals surface area (Å²) in [5, 5.41) is 22.6. The molecule has 1 aromatic carbocycles. The van der Waals surface area contributed by atoms with Crippen LogP contribution in [0.25, 0.3) is 0 Å². The third-order valence-electron chi connectivity index (χ3n) is 2.54. The van der Waals surface area contributed by atoms with E-state index in [9.17, 15) is 14.9 Å². The second-order valence-corrected chi connectivity index (χ2v) is 3.92. The van der Waals surface area contributed by atoms with Gasteiger partial charge < -0.3 is 15.2 Å². The molecular formula is C12H16N2O5. The Hall–Kier alpha value is -1.99. The van der Waals surface area contributed by atoms with Crippen LogP contribution in [-0.4, -0.2) is 36.3 Å². The molecule has 0 aromatic heterocycles. The monoisotopic (exact) mass is 268 g/mol. The first-order chi connectivity index (χ1) is 9.06. The van der Waals surface area contributed by atoms with Crippen molar-refractivity contribution in [2.24, 2.45) is 0 Å². The van der Waals surface area contributed by atoms with Gasteiger partial charge in [-0.15, -0.1) is 0 Å². The van der Waals surface area contributed by atoms with E-state index in [4.69, 9.17) is 9.84 Å². The highest BCUT2D eigenvalue weighted by molar-refractivity contribution is 5.75. The Labute approximate surface area is 110 Å². The molecule has 0 radical (unpaired) electrons. The van der Waals surface area contributed by atoms with Gasteiger partial charge in [0.15, 0.2) is 0 Å². The van der Waals surface area contributed by atoms with Gasteiger partial charge in [0.1, 0.15) is 6.04 Å². The summed E-state index contributed by atoms with van der Waals surface area (Å²) in [7, 11) is 1.56. The number of methoxy groups -OCH3 is 1. The predicted molar refractivity (Wildman–Crippen MR) is 68.0 cm³/mol. The van der Waals surface area contributed by atoms with E-state index < -0.39 is 16.9 Å². The topological polar surface area (TPSA) is 102 Å². The number of carbonyl (C=O) groups is 1. The van der Waals surface area contributed by atoms with Crippen LogP contribution in [0.3, 0.4) is 0 Å². The van der Waals surface area contributed by atoms with Crippen molar-refractivity contribution in [1.82, 2.24) is 5.32 Å². The van der Waals surface area contributed by atoms with Crippen LogP contribution >= 0.6 is 0 Å². The number of non-ortho nitro benzene ring substituents is 1. The molecular weight excluding hydrogens is 252 g/mol. The van der Waals surface area contributed by atoms with Crippen molar-refractivity contribution in [3.05, 3.63) is 39.9 Å². The summed E-state index contributed by atoms with van der Waals surface area (Å²) in [6, 6.07) is 4.65. The van der Waals surface area contributed by atoms with Gasteiger partial charge in [0.05, 0.1) is 4.92 Å². The van der Waals surface area contributed by atoms with Crippen molar-refractivity contribution in [3.8, 4) is 0 Å². The van der Waals surface area contributed by atoms with Gasteiger partial charge in [-0.3, -0.25) is 14.9 Å². The quantitative estimate of drug-likeness (QED) is 0.419. The summed E-state index contributed by atoms with van der Waals surface area (Å²) in [5.74, 6) is -1.07. The Balaban J connectivity index is 2.78. The number of benzene rings is 1. The molecule has 0 heterocycles. The van der Waals surface area contributed by atoms with Crippen molar-refractivity contribution in [1.29, 1.82) is 0 Å². The Morgan fingerprint density at radius 1 is 1.58 bits per heavy atom. The fourth-order valence-electron chi connectivity index (χ4n) is 1.63. The first-order valence-corrected chi connectivity index (χ1v) is 5.75. The van der Waals surface area contributed by atoms with Gasteiger partial charge in [-0.25, -0.2) is 0 Å². The highest BCUT2D eigenvalue weighted by Gasteiger charge is 2.20. The van der Waals surface area contributed by atoms with Crippen LogP contribution in [0.1, 0.15) is 18.0 Å². The number of nitrogens with one attached hydrogen (secondary N) is 1. The lowest BCUT2D eigenvalue weighted by atomic mass is 10.1. The van der Waals surface area contributed by atoms with E-state index >= 15 is 0 Å². The van der Waals surface area contributed by atoms with Crippen LogP contribution in [0.5, 0.6) is 0 Å². The van der Waals surface area contributed by atoms with Crippen molar-refractivity contribution in [2.75, 3.05) is 20.3 Å². The molecule has 0 fully saturated rings. The largest absolute Gasteiger partial charge is 0.480 e. The van der Waals surface area contributed by atoms with E-state index in [1.165, 1.54) is 18.2 Å². The van der Waals surface area contributed by atoms with E-state index in [2.05, 4.69) is 5.32 Å². The molecule has 1 aromatic rings. The number of ether oxygens (including phenoxy) is 1. The minimum atomic E-state index is -1.07. The number of rotatable bonds is 8. The Morgan fingerprint density at radius 3 is 2.89 bits per heavy atom. The zero-order valence-electron chi connectivity index (χ0n) is 10.5. The molecule has 7 heteroatoms. The Kier molecular flexibility index (Phi) is 5.91. The third-order valence-corrected chi connectivity index (χ3v) is 2.54. The van der Waals surface area contributed by atoms with E-state index in [1.54, 1.807) is 13.2 Å². The molecule has 2 N–H and O–H groups in total. The maximum Gasteiger partial charge on any atom is 0.325 e. The predicted octanol–water partition coefficient (Wildman–Crippen LogP) is 1.35. The summed E-state index contributed by atoms with van der Waals surface area (Å²) in [5.41, 5.74) is 0.238. The van der Waals surface area contributed by atoms with Crippen LogP contribution in [0.15, 0.2) is 24.3 Å². The first-order valence-electron chi connectivity index (χ1n) is 5.75. The summed E-state index contributed by atoms with van der Waals surface area (Å²) in [6.45, 7) is 0.974. The van der Waals surface area contributed by atoms with Gasteiger partial charge in [-0.1, -0.05) is 12.1 Å². The molecule has 1 unspecified atom stereocenters. The number of hydrogen-bond acceptors (Lipinski definition) is 5. The molecule has 1 rings (SSSR count). The summed E-state index contributed by atoms with van der Waals surface area (Å²) < 4.78 is 4.86. The molecule has 0 bridgehead atoms. The second-order valence-electron chi connectivity index (χ2n) is 3.92. The number of carboxylic acids is 1. The lowest BCUT2D eigenvalue weighted by Crippen LogP contribution is -2.29. The molecule has 0 aliphatic carbocycles. The minimum Gasteiger partial charge on any atom is -0.480 e. The zero-order valence-corrected chi connectivity index (χ0v) is 10.5. The van der Waals surface area contributed by atoms with E-state index in [0.29, 0.717) is 25.1 Å². The molecule has 7 nitrogen and oxygen atoms in total. The lowest BCUT2D eigenvalue weighted by Gasteiger charge is -2.14. The molecule has 0 saturated heterocycles. The summed E-state index contributed by atoms with van der Waals surface area (Å²) in [6.07, 6.45) is 0.662. The highest BCUT2D eigenvalue weighted by Crippen LogP contribution is 2.19. The van der Waals surface area contributed by atoms with Crippen molar-refractivity contribution < 1.29 is 19.6 Å². The normalized spacial score (nSPS) is 12.1. The van der Waals surface area contributed by atoms with E-state index in [1.807, 2.05) is 0 Å². The Bertz CT molecular complexity index is 450. The second kappa shape index (κ2) is 7.45. The van der Waals surface area contributed by atoms with Crippen LogP contribution in [-0.2, 0) is 9.53 Å². The fraction of sp³-hybridized carbons (Fsp3) is 0.417. The zero-order chi connectivity index (χ0) is 14.3. The molecule has 104 valence electrons. The summed E-state index contributed by atoms with van der Waals surface area (Å²) in [4.78, 5) is 21.3. The number of aliphatic carboxylic acids is 1. The maximum atomic E-state index is 11.2. The average molecular weight is 268 g/mol. The van der Waals surface area contributed by atoms with Gasteiger partial charge >= 0.3 is 5.97 Å².